The average Bonchev–Trinajstić information content (AvgIpc) is 2.73. The van der Waals surface area contributed by atoms with Gasteiger partial charge in [0, 0.05) is 25.6 Å². The lowest BCUT2D eigenvalue weighted by atomic mass is 9.84. The van der Waals surface area contributed by atoms with Gasteiger partial charge in [-0.15, -0.1) is 10.2 Å². The minimum absolute atomic E-state index is 0.0170. The van der Waals surface area contributed by atoms with Crippen molar-refractivity contribution in [1.82, 2.24) is 14.8 Å². The molecule has 1 aromatic heterocycles. The Morgan fingerprint density at radius 1 is 1.53 bits per heavy atom. The molecule has 0 amide bonds. The second-order valence-corrected chi connectivity index (χ2v) is 4.57. The lowest BCUT2D eigenvalue weighted by Crippen LogP contribution is -2.40. The minimum Gasteiger partial charge on any atom is -0.357 e. The molecule has 84 valence electrons. The van der Waals surface area contributed by atoms with Crippen LogP contribution in [0.2, 0.25) is 0 Å². The molecule has 5 heteroatoms. The summed E-state index contributed by atoms with van der Waals surface area (Å²) < 4.78 is 2.01. The Hall–Kier alpha value is -1.10. The van der Waals surface area contributed by atoms with E-state index in [4.69, 9.17) is 5.73 Å². The highest BCUT2D eigenvalue weighted by molar-refractivity contribution is 5.28. The molecule has 1 aromatic rings. The third-order valence-electron chi connectivity index (χ3n) is 3.64. The number of aromatic nitrogens is 3. The predicted octanol–water partition coefficient (Wildman–Crippen LogP) is 0.626. The molecule has 1 saturated carbocycles. The number of nitrogens with zero attached hydrogens (tertiary/aromatic N) is 3. The van der Waals surface area contributed by atoms with E-state index in [1.54, 1.807) is 0 Å². The van der Waals surface area contributed by atoms with E-state index in [1.165, 1.54) is 6.42 Å². The summed E-state index contributed by atoms with van der Waals surface area (Å²) in [6.07, 6.45) is 3.36. The summed E-state index contributed by atoms with van der Waals surface area (Å²) in [5, 5.41) is 11.4. The Morgan fingerprint density at radius 3 is 2.73 bits per heavy atom. The molecule has 2 atom stereocenters. The van der Waals surface area contributed by atoms with Crippen LogP contribution in [0.1, 0.15) is 32.0 Å². The summed E-state index contributed by atoms with van der Waals surface area (Å²) >= 11 is 0. The Morgan fingerprint density at radius 2 is 2.27 bits per heavy atom. The van der Waals surface area contributed by atoms with Crippen molar-refractivity contribution in [1.29, 1.82) is 0 Å². The SMILES string of the molecule is CNc1nnc(C2(C)CCCC2N)n1C. The van der Waals surface area contributed by atoms with Gasteiger partial charge >= 0.3 is 0 Å². The van der Waals surface area contributed by atoms with Crippen molar-refractivity contribution in [2.75, 3.05) is 12.4 Å². The van der Waals surface area contributed by atoms with E-state index >= 15 is 0 Å². The van der Waals surface area contributed by atoms with Gasteiger partial charge in [-0.1, -0.05) is 13.3 Å². The second kappa shape index (κ2) is 3.48. The van der Waals surface area contributed by atoms with Gasteiger partial charge in [-0.25, -0.2) is 0 Å². The van der Waals surface area contributed by atoms with Gasteiger partial charge in [0.05, 0.1) is 0 Å². The topological polar surface area (TPSA) is 68.8 Å². The zero-order chi connectivity index (χ0) is 11.1. The van der Waals surface area contributed by atoms with Gasteiger partial charge in [-0.3, -0.25) is 0 Å². The van der Waals surface area contributed by atoms with E-state index in [0.29, 0.717) is 0 Å². The fraction of sp³-hybridized carbons (Fsp3) is 0.800. The summed E-state index contributed by atoms with van der Waals surface area (Å²) in [7, 11) is 3.84. The molecule has 1 heterocycles. The zero-order valence-electron chi connectivity index (χ0n) is 9.62. The molecule has 0 saturated heterocycles. The van der Waals surface area contributed by atoms with Crippen molar-refractivity contribution >= 4 is 5.95 Å². The number of anilines is 1. The van der Waals surface area contributed by atoms with Gasteiger partial charge in [0.2, 0.25) is 5.95 Å². The van der Waals surface area contributed by atoms with Crippen molar-refractivity contribution in [2.24, 2.45) is 12.8 Å². The van der Waals surface area contributed by atoms with Crippen LogP contribution < -0.4 is 11.1 Å². The summed E-state index contributed by atoms with van der Waals surface area (Å²) in [6.45, 7) is 2.19. The van der Waals surface area contributed by atoms with E-state index in [-0.39, 0.29) is 11.5 Å². The van der Waals surface area contributed by atoms with Gasteiger partial charge in [0.1, 0.15) is 5.82 Å². The predicted molar refractivity (Wildman–Crippen MR) is 59.7 cm³/mol. The van der Waals surface area contributed by atoms with Crippen LogP contribution in [0.25, 0.3) is 0 Å². The number of hydrogen-bond acceptors (Lipinski definition) is 4. The molecule has 2 unspecified atom stereocenters. The van der Waals surface area contributed by atoms with E-state index < -0.39 is 0 Å². The molecule has 15 heavy (non-hydrogen) atoms. The molecule has 3 N–H and O–H groups in total. The van der Waals surface area contributed by atoms with Crippen molar-refractivity contribution < 1.29 is 0 Å². The van der Waals surface area contributed by atoms with E-state index in [1.807, 2.05) is 18.7 Å². The van der Waals surface area contributed by atoms with Crippen LogP contribution in [0.4, 0.5) is 5.95 Å². The minimum atomic E-state index is -0.0170. The molecule has 0 bridgehead atoms. The lowest BCUT2D eigenvalue weighted by molar-refractivity contribution is 0.392. The smallest absolute Gasteiger partial charge is 0.224 e. The highest BCUT2D eigenvalue weighted by Gasteiger charge is 2.41. The van der Waals surface area contributed by atoms with Crippen molar-refractivity contribution in [3.8, 4) is 0 Å². The van der Waals surface area contributed by atoms with Crippen LogP contribution in [0.5, 0.6) is 0 Å². The van der Waals surface area contributed by atoms with Gasteiger partial charge in [-0.2, -0.15) is 0 Å². The standard InChI is InChI=1S/C10H19N5/c1-10(6-4-5-7(10)11)8-13-14-9(12-2)15(8)3/h7H,4-6,11H2,1-3H3,(H,12,14). The third kappa shape index (κ3) is 1.42. The van der Waals surface area contributed by atoms with E-state index in [2.05, 4.69) is 22.4 Å². The number of rotatable bonds is 2. The monoisotopic (exact) mass is 209 g/mol. The first-order chi connectivity index (χ1) is 7.09. The first-order valence-electron chi connectivity index (χ1n) is 5.43. The largest absolute Gasteiger partial charge is 0.357 e. The molecule has 0 radical (unpaired) electrons. The van der Waals surface area contributed by atoms with Crippen molar-refractivity contribution in [3.63, 3.8) is 0 Å². The summed E-state index contributed by atoms with van der Waals surface area (Å²) in [5.41, 5.74) is 6.15. The summed E-state index contributed by atoms with van der Waals surface area (Å²) in [5.74, 6) is 1.79. The Bertz CT molecular complexity index is 359. The van der Waals surface area contributed by atoms with Crippen LogP contribution in [-0.4, -0.2) is 27.9 Å². The maximum absolute atomic E-state index is 6.16. The first-order valence-corrected chi connectivity index (χ1v) is 5.43. The van der Waals surface area contributed by atoms with Gasteiger partial charge in [0.25, 0.3) is 0 Å². The fourth-order valence-corrected chi connectivity index (χ4v) is 2.52. The fourth-order valence-electron chi connectivity index (χ4n) is 2.52. The quantitative estimate of drug-likeness (QED) is 0.749. The Kier molecular flexibility index (Phi) is 2.42. The Balaban J connectivity index is 2.40. The lowest BCUT2D eigenvalue weighted by Gasteiger charge is -2.27. The molecular formula is C10H19N5. The molecule has 0 aliphatic heterocycles. The van der Waals surface area contributed by atoms with E-state index in [0.717, 1.165) is 24.6 Å². The maximum Gasteiger partial charge on any atom is 0.224 e. The number of nitrogens with two attached hydrogens (primary N) is 1. The number of hydrogen-bond donors (Lipinski definition) is 2. The van der Waals surface area contributed by atoms with Crippen molar-refractivity contribution in [3.05, 3.63) is 5.82 Å². The second-order valence-electron chi connectivity index (χ2n) is 4.57. The van der Waals surface area contributed by atoms with Gasteiger partial charge in [0.15, 0.2) is 0 Å². The van der Waals surface area contributed by atoms with Crippen LogP contribution in [0.3, 0.4) is 0 Å². The van der Waals surface area contributed by atoms with Crippen LogP contribution >= 0.6 is 0 Å². The Labute approximate surface area is 90.1 Å². The number of nitrogens with one attached hydrogen (secondary N) is 1. The van der Waals surface area contributed by atoms with Crippen LogP contribution in [0, 0.1) is 0 Å². The molecule has 1 aliphatic rings. The molecule has 0 spiro atoms. The molecule has 1 fully saturated rings. The highest BCUT2D eigenvalue weighted by Crippen LogP contribution is 2.39. The maximum atomic E-state index is 6.16. The van der Waals surface area contributed by atoms with Crippen molar-refractivity contribution in [2.45, 2.75) is 37.6 Å². The molecule has 5 nitrogen and oxygen atoms in total. The average molecular weight is 209 g/mol. The van der Waals surface area contributed by atoms with E-state index in [9.17, 15) is 0 Å². The highest BCUT2D eigenvalue weighted by atomic mass is 15.3. The van der Waals surface area contributed by atoms with Gasteiger partial charge < -0.3 is 15.6 Å². The summed E-state index contributed by atoms with van der Waals surface area (Å²) in [4.78, 5) is 0. The third-order valence-corrected chi connectivity index (χ3v) is 3.64. The first kappa shape index (κ1) is 10.4. The molecular weight excluding hydrogens is 190 g/mol. The molecule has 2 rings (SSSR count). The molecule has 1 aliphatic carbocycles. The van der Waals surface area contributed by atoms with Crippen LogP contribution in [0.15, 0.2) is 0 Å². The molecule has 0 aromatic carbocycles. The normalized spacial score (nSPS) is 30.8. The van der Waals surface area contributed by atoms with Crippen LogP contribution in [-0.2, 0) is 12.5 Å². The zero-order valence-corrected chi connectivity index (χ0v) is 9.62. The van der Waals surface area contributed by atoms with Gasteiger partial charge in [-0.05, 0) is 12.8 Å². The summed E-state index contributed by atoms with van der Waals surface area (Å²) in [6, 6.07) is 0.199.